The summed E-state index contributed by atoms with van der Waals surface area (Å²) in [4.78, 5) is 25.6. The normalized spacial score (nSPS) is 27.0. The maximum absolute atomic E-state index is 12.9. The standard InChI is InChI=1S/C22H24O2/c1-3-19(23)22-18(16-10-6-4-7-11-16)14-20(24)15(2)21(22)17-12-8-5-9-13-17/h4-13,15,18,21-22H,3,14H2,1-2H3/t15-,18+,21+,22+/m1/s1. The van der Waals surface area contributed by atoms with Crippen molar-refractivity contribution in [3.8, 4) is 0 Å². The molecule has 0 amide bonds. The summed E-state index contributed by atoms with van der Waals surface area (Å²) in [5.74, 6) is 0.216. The second kappa shape index (κ2) is 7.12. The van der Waals surface area contributed by atoms with Crippen LogP contribution in [-0.2, 0) is 9.59 Å². The molecule has 0 spiro atoms. The first-order valence-electron chi connectivity index (χ1n) is 8.78. The summed E-state index contributed by atoms with van der Waals surface area (Å²) in [5, 5.41) is 0. The average Bonchev–Trinajstić information content (AvgIpc) is 2.64. The summed E-state index contributed by atoms with van der Waals surface area (Å²) in [5.41, 5.74) is 2.20. The van der Waals surface area contributed by atoms with Crippen molar-refractivity contribution in [1.29, 1.82) is 0 Å². The maximum atomic E-state index is 12.9. The first kappa shape index (κ1) is 16.6. The molecule has 0 N–H and O–H groups in total. The van der Waals surface area contributed by atoms with Gasteiger partial charge < -0.3 is 0 Å². The molecule has 1 fully saturated rings. The van der Waals surface area contributed by atoms with Crippen molar-refractivity contribution in [2.75, 3.05) is 0 Å². The molecule has 0 saturated heterocycles. The van der Waals surface area contributed by atoms with Crippen LogP contribution in [0.4, 0.5) is 0 Å². The molecule has 0 heterocycles. The highest BCUT2D eigenvalue weighted by Crippen LogP contribution is 2.48. The minimum Gasteiger partial charge on any atom is -0.299 e. The Morgan fingerprint density at radius 1 is 0.958 bits per heavy atom. The average molecular weight is 320 g/mol. The number of hydrogen-bond acceptors (Lipinski definition) is 2. The monoisotopic (exact) mass is 320 g/mol. The number of hydrogen-bond donors (Lipinski definition) is 0. The van der Waals surface area contributed by atoms with E-state index in [4.69, 9.17) is 0 Å². The molecule has 24 heavy (non-hydrogen) atoms. The Labute approximate surface area is 143 Å². The van der Waals surface area contributed by atoms with Gasteiger partial charge in [-0.2, -0.15) is 0 Å². The van der Waals surface area contributed by atoms with Crippen LogP contribution in [0.2, 0.25) is 0 Å². The topological polar surface area (TPSA) is 34.1 Å². The van der Waals surface area contributed by atoms with E-state index in [1.54, 1.807) is 0 Å². The van der Waals surface area contributed by atoms with Crippen LogP contribution in [0.3, 0.4) is 0 Å². The predicted octanol–water partition coefficient (Wildman–Crippen LogP) is 4.76. The molecule has 2 aromatic carbocycles. The van der Waals surface area contributed by atoms with E-state index in [1.165, 1.54) is 0 Å². The molecule has 2 aromatic rings. The van der Waals surface area contributed by atoms with Gasteiger partial charge in [0.1, 0.15) is 11.6 Å². The Kier molecular flexibility index (Phi) is 4.94. The zero-order valence-electron chi connectivity index (χ0n) is 14.3. The number of ketones is 2. The number of benzene rings is 2. The Balaban J connectivity index is 2.09. The lowest BCUT2D eigenvalue weighted by molar-refractivity contribution is -0.132. The molecule has 3 rings (SSSR count). The molecule has 0 aliphatic heterocycles. The van der Waals surface area contributed by atoms with Gasteiger partial charge in [-0.25, -0.2) is 0 Å². The molecule has 1 saturated carbocycles. The summed E-state index contributed by atoms with van der Waals surface area (Å²) < 4.78 is 0. The van der Waals surface area contributed by atoms with Crippen molar-refractivity contribution < 1.29 is 9.59 Å². The molecule has 0 bridgehead atoms. The molecule has 1 aliphatic rings. The molecule has 0 aromatic heterocycles. The van der Waals surface area contributed by atoms with Crippen LogP contribution in [0.25, 0.3) is 0 Å². The van der Waals surface area contributed by atoms with Gasteiger partial charge in [0.15, 0.2) is 0 Å². The third-order valence-corrected chi connectivity index (χ3v) is 5.42. The SMILES string of the molecule is CCC(=O)[C@H]1[C@H](c2ccccc2)[C@H](C)C(=O)C[C@H]1c1ccccc1. The van der Waals surface area contributed by atoms with E-state index in [0.717, 1.165) is 11.1 Å². The Morgan fingerprint density at radius 2 is 1.50 bits per heavy atom. The molecule has 0 unspecified atom stereocenters. The fourth-order valence-corrected chi connectivity index (χ4v) is 4.15. The van der Waals surface area contributed by atoms with Gasteiger partial charge in [0.2, 0.25) is 0 Å². The number of carbonyl (C=O) groups is 2. The van der Waals surface area contributed by atoms with Gasteiger partial charge in [-0.05, 0) is 11.1 Å². The second-order valence-corrected chi connectivity index (χ2v) is 6.76. The third-order valence-electron chi connectivity index (χ3n) is 5.42. The lowest BCUT2D eigenvalue weighted by atomic mass is 9.61. The van der Waals surface area contributed by atoms with Gasteiger partial charge in [0.25, 0.3) is 0 Å². The summed E-state index contributed by atoms with van der Waals surface area (Å²) in [6.07, 6.45) is 0.975. The number of rotatable bonds is 4. The zero-order chi connectivity index (χ0) is 17.1. The van der Waals surface area contributed by atoms with E-state index in [-0.39, 0.29) is 35.2 Å². The van der Waals surface area contributed by atoms with Crippen LogP contribution in [0.1, 0.15) is 49.7 Å². The Morgan fingerprint density at radius 3 is 2.04 bits per heavy atom. The van der Waals surface area contributed by atoms with Crippen molar-refractivity contribution >= 4 is 11.6 Å². The van der Waals surface area contributed by atoms with Crippen LogP contribution >= 0.6 is 0 Å². The van der Waals surface area contributed by atoms with Crippen LogP contribution in [0, 0.1) is 11.8 Å². The molecule has 2 nitrogen and oxygen atoms in total. The fraction of sp³-hybridized carbons (Fsp3) is 0.364. The van der Waals surface area contributed by atoms with Gasteiger partial charge in [0.05, 0.1) is 0 Å². The van der Waals surface area contributed by atoms with Crippen LogP contribution in [0.15, 0.2) is 60.7 Å². The lowest BCUT2D eigenvalue weighted by Gasteiger charge is -2.41. The van der Waals surface area contributed by atoms with Crippen molar-refractivity contribution in [1.82, 2.24) is 0 Å². The van der Waals surface area contributed by atoms with E-state index < -0.39 is 0 Å². The maximum Gasteiger partial charge on any atom is 0.136 e. The minimum absolute atomic E-state index is 0.0208. The second-order valence-electron chi connectivity index (χ2n) is 6.76. The predicted molar refractivity (Wildman–Crippen MR) is 95.9 cm³/mol. The molecule has 0 radical (unpaired) electrons. The molecular weight excluding hydrogens is 296 g/mol. The molecule has 4 atom stereocenters. The Bertz CT molecular complexity index is 705. The smallest absolute Gasteiger partial charge is 0.136 e. The third kappa shape index (κ3) is 3.06. The van der Waals surface area contributed by atoms with Gasteiger partial charge >= 0.3 is 0 Å². The van der Waals surface area contributed by atoms with E-state index in [0.29, 0.717) is 12.8 Å². The number of Topliss-reactive ketones (excluding diaryl/α,β-unsaturated/α-hetero) is 2. The highest BCUT2D eigenvalue weighted by atomic mass is 16.1. The molecule has 2 heteroatoms. The quantitative estimate of drug-likeness (QED) is 0.814. The van der Waals surface area contributed by atoms with Gasteiger partial charge in [-0.3, -0.25) is 9.59 Å². The van der Waals surface area contributed by atoms with Gasteiger partial charge in [-0.1, -0.05) is 74.5 Å². The molecule has 1 aliphatic carbocycles. The first-order valence-corrected chi connectivity index (χ1v) is 8.78. The van der Waals surface area contributed by atoms with Crippen LogP contribution in [-0.4, -0.2) is 11.6 Å². The number of carbonyl (C=O) groups excluding carboxylic acids is 2. The van der Waals surface area contributed by atoms with E-state index in [2.05, 4.69) is 12.1 Å². The van der Waals surface area contributed by atoms with Crippen LogP contribution in [0.5, 0.6) is 0 Å². The Hall–Kier alpha value is -2.22. The van der Waals surface area contributed by atoms with E-state index >= 15 is 0 Å². The van der Waals surface area contributed by atoms with E-state index in [1.807, 2.05) is 62.4 Å². The summed E-state index contributed by atoms with van der Waals surface area (Å²) in [6, 6.07) is 20.1. The summed E-state index contributed by atoms with van der Waals surface area (Å²) >= 11 is 0. The van der Waals surface area contributed by atoms with Crippen LogP contribution < -0.4 is 0 Å². The van der Waals surface area contributed by atoms with Crippen molar-refractivity contribution in [3.05, 3.63) is 71.8 Å². The summed E-state index contributed by atoms with van der Waals surface area (Å²) in [7, 11) is 0. The van der Waals surface area contributed by atoms with Gasteiger partial charge in [0, 0.05) is 36.5 Å². The lowest BCUT2D eigenvalue weighted by Crippen LogP contribution is -2.40. The summed E-state index contributed by atoms with van der Waals surface area (Å²) in [6.45, 7) is 3.91. The van der Waals surface area contributed by atoms with Crippen molar-refractivity contribution in [2.24, 2.45) is 11.8 Å². The fourth-order valence-electron chi connectivity index (χ4n) is 4.15. The largest absolute Gasteiger partial charge is 0.299 e. The van der Waals surface area contributed by atoms with E-state index in [9.17, 15) is 9.59 Å². The highest BCUT2D eigenvalue weighted by Gasteiger charge is 2.45. The zero-order valence-corrected chi connectivity index (χ0v) is 14.3. The van der Waals surface area contributed by atoms with Crippen molar-refractivity contribution in [3.63, 3.8) is 0 Å². The highest BCUT2D eigenvalue weighted by molar-refractivity contribution is 5.90. The first-order chi connectivity index (χ1) is 11.6. The molecule has 124 valence electrons. The van der Waals surface area contributed by atoms with Crippen molar-refractivity contribution in [2.45, 2.75) is 38.5 Å². The van der Waals surface area contributed by atoms with Gasteiger partial charge in [-0.15, -0.1) is 0 Å². The molecular formula is C22H24O2. The minimum atomic E-state index is -0.132.